The number of hydrogen-bond acceptors (Lipinski definition) is 2. The molecule has 0 spiro atoms. The van der Waals surface area contributed by atoms with E-state index in [0.29, 0.717) is 18.5 Å². The van der Waals surface area contributed by atoms with E-state index in [-0.39, 0.29) is 5.82 Å². The Bertz CT molecular complexity index is 328. The average molecular weight is 178 g/mol. The first-order chi connectivity index (χ1) is 6.24. The number of nitrogens with zero attached hydrogens (tertiary/aromatic N) is 1. The summed E-state index contributed by atoms with van der Waals surface area (Å²) in [6.07, 6.45) is 0.455. The Kier molecular flexibility index (Phi) is 3.27. The number of hydrogen-bond donors (Lipinski definition) is 1. The molecule has 1 aromatic rings. The second-order valence-electron chi connectivity index (χ2n) is 2.80. The number of benzene rings is 1. The van der Waals surface area contributed by atoms with Crippen molar-refractivity contribution in [3.8, 4) is 6.07 Å². The number of rotatable bonds is 3. The Balaban J connectivity index is 2.59. The van der Waals surface area contributed by atoms with Crippen LogP contribution in [0.2, 0.25) is 0 Å². The van der Waals surface area contributed by atoms with Gasteiger partial charge in [0.05, 0.1) is 12.5 Å². The summed E-state index contributed by atoms with van der Waals surface area (Å²) in [6.45, 7) is 2.31. The number of nitrogens with one attached hydrogen (secondary N) is 1. The van der Waals surface area contributed by atoms with E-state index in [4.69, 9.17) is 5.26 Å². The second kappa shape index (κ2) is 4.46. The van der Waals surface area contributed by atoms with Gasteiger partial charge in [-0.2, -0.15) is 5.26 Å². The van der Waals surface area contributed by atoms with Crippen LogP contribution in [-0.2, 0) is 0 Å². The van der Waals surface area contributed by atoms with Crippen molar-refractivity contribution in [2.75, 3.05) is 11.9 Å². The van der Waals surface area contributed by atoms with Crippen LogP contribution in [0.1, 0.15) is 12.0 Å². The van der Waals surface area contributed by atoms with Gasteiger partial charge in [-0.25, -0.2) is 4.39 Å². The van der Waals surface area contributed by atoms with Gasteiger partial charge in [0.15, 0.2) is 0 Å². The summed E-state index contributed by atoms with van der Waals surface area (Å²) in [5, 5.41) is 11.3. The van der Waals surface area contributed by atoms with Gasteiger partial charge in [-0.05, 0) is 30.7 Å². The van der Waals surface area contributed by atoms with Gasteiger partial charge in [-0.15, -0.1) is 0 Å². The van der Waals surface area contributed by atoms with Gasteiger partial charge in [0.25, 0.3) is 0 Å². The molecule has 0 radical (unpaired) electrons. The molecule has 0 amide bonds. The lowest BCUT2D eigenvalue weighted by molar-refractivity contribution is 0.618. The zero-order valence-corrected chi connectivity index (χ0v) is 7.47. The highest BCUT2D eigenvalue weighted by molar-refractivity contribution is 5.45. The molecule has 68 valence electrons. The summed E-state index contributed by atoms with van der Waals surface area (Å²) >= 11 is 0. The second-order valence-corrected chi connectivity index (χ2v) is 2.80. The highest BCUT2D eigenvalue weighted by atomic mass is 19.1. The molecule has 2 nitrogen and oxygen atoms in total. The highest BCUT2D eigenvalue weighted by Crippen LogP contribution is 2.13. The molecule has 1 rings (SSSR count). The molecule has 0 aliphatic carbocycles. The Morgan fingerprint density at radius 1 is 1.54 bits per heavy atom. The van der Waals surface area contributed by atoms with Gasteiger partial charge in [0, 0.05) is 12.2 Å². The van der Waals surface area contributed by atoms with Crippen LogP contribution >= 0.6 is 0 Å². The van der Waals surface area contributed by atoms with Crippen molar-refractivity contribution in [2.24, 2.45) is 0 Å². The fourth-order valence-electron chi connectivity index (χ4n) is 1.02. The molecule has 0 saturated carbocycles. The predicted octanol–water partition coefficient (Wildman–Crippen LogP) is 2.46. The average Bonchev–Trinajstić information content (AvgIpc) is 2.12. The minimum atomic E-state index is -0.203. The standard InChI is InChI=1S/C10H11FN2/c1-8-7-9(3-4-10(8)11)13-6-2-5-12/h3-4,7,13H,2,6H2,1H3. The molecule has 1 N–H and O–H groups in total. The smallest absolute Gasteiger partial charge is 0.126 e. The van der Waals surface area contributed by atoms with Crippen LogP contribution < -0.4 is 5.32 Å². The zero-order chi connectivity index (χ0) is 9.68. The van der Waals surface area contributed by atoms with Crippen molar-refractivity contribution in [3.05, 3.63) is 29.6 Å². The lowest BCUT2D eigenvalue weighted by Crippen LogP contribution is -2.00. The van der Waals surface area contributed by atoms with Crippen LogP contribution in [0.25, 0.3) is 0 Å². The molecule has 0 unspecified atom stereocenters. The molecule has 0 bridgehead atoms. The fraction of sp³-hybridized carbons (Fsp3) is 0.300. The molecule has 0 fully saturated rings. The maximum atomic E-state index is 12.8. The molecule has 0 aliphatic rings. The molecule has 3 heteroatoms. The van der Waals surface area contributed by atoms with Gasteiger partial charge >= 0.3 is 0 Å². The van der Waals surface area contributed by atoms with Crippen LogP contribution in [-0.4, -0.2) is 6.54 Å². The quantitative estimate of drug-likeness (QED) is 0.721. The van der Waals surface area contributed by atoms with Crippen molar-refractivity contribution in [1.29, 1.82) is 5.26 Å². The maximum Gasteiger partial charge on any atom is 0.126 e. The van der Waals surface area contributed by atoms with Crippen molar-refractivity contribution in [3.63, 3.8) is 0 Å². The summed E-state index contributed by atoms with van der Waals surface area (Å²) in [4.78, 5) is 0. The van der Waals surface area contributed by atoms with Gasteiger partial charge in [-0.3, -0.25) is 0 Å². The van der Waals surface area contributed by atoms with E-state index < -0.39 is 0 Å². The first-order valence-electron chi connectivity index (χ1n) is 4.11. The molecule has 0 atom stereocenters. The van der Waals surface area contributed by atoms with Crippen LogP contribution in [0.15, 0.2) is 18.2 Å². The monoisotopic (exact) mass is 178 g/mol. The van der Waals surface area contributed by atoms with Gasteiger partial charge in [-0.1, -0.05) is 0 Å². The van der Waals surface area contributed by atoms with Crippen LogP contribution in [0.4, 0.5) is 10.1 Å². The third-order valence-electron chi connectivity index (χ3n) is 1.72. The normalized spacial score (nSPS) is 9.31. The first-order valence-corrected chi connectivity index (χ1v) is 4.11. The van der Waals surface area contributed by atoms with E-state index in [1.807, 2.05) is 6.07 Å². The number of nitriles is 1. The summed E-state index contributed by atoms with van der Waals surface area (Å²) in [5.74, 6) is -0.203. The summed E-state index contributed by atoms with van der Waals surface area (Å²) in [6, 6.07) is 6.84. The molecule has 0 heterocycles. The Hall–Kier alpha value is -1.56. The fourth-order valence-corrected chi connectivity index (χ4v) is 1.02. The van der Waals surface area contributed by atoms with E-state index >= 15 is 0 Å². The van der Waals surface area contributed by atoms with Crippen molar-refractivity contribution in [2.45, 2.75) is 13.3 Å². The predicted molar refractivity (Wildman–Crippen MR) is 49.9 cm³/mol. The zero-order valence-electron chi connectivity index (χ0n) is 7.47. The topological polar surface area (TPSA) is 35.8 Å². The summed E-state index contributed by atoms with van der Waals surface area (Å²) < 4.78 is 12.8. The van der Waals surface area contributed by atoms with Crippen LogP contribution in [0, 0.1) is 24.1 Å². The van der Waals surface area contributed by atoms with Gasteiger partial charge < -0.3 is 5.32 Å². The van der Waals surface area contributed by atoms with E-state index in [2.05, 4.69) is 5.32 Å². The summed E-state index contributed by atoms with van der Waals surface area (Å²) in [7, 11) is 0. The van der Waals surface area contributed by atoms with Gasteiger partial charge in [0.1, 0.15) is 5.82 Å². The summed E-state index contributed by atoms with van der Waals surface area (Å²) in [5.41, 5.74) is 1.47. The number of halogens is 1. The molecular formula is C10H11FN2. The van der Waals surface area contributed by atoms with Crippen molar-refractivity contribution < 1.29 is 4.39 Å². The molecule has 1 aromatic carbocycles. The van der Waals surface area contributed by atoms with E-state index in [0.717, 1.165) is 5.69 Å². The minimum absolute atomic E-state index is 0.203. The van der Waals surface area contributed by atoms with Crippen LogP contribution in [0.5, 0.6) is 0 Å². The minimum Gasteiger partial charge on any atom is -0.384 e. The van der Waals surface area contributed by atoms with E-state index in [9.17, 15) is 4.39 Å². The number of anilines is 1. The third kappa shape index (κ3) is 2.75. The Morgan fingerprint density at radius 3 is 2.92 bits per heavy atom. The molecule has 0 aliphatic heterocycles. The lowest BCUT2D eigenvalue weighted by Gasteiger charge is -2.04. The van der Waals surface area contributed by atoms with Gasteiger partial charge in [0.2, 0.25) is 0 Å². The SMILES string of the molecule is Cc1cc(NCCC#N)ccc1F. The maximum absolute atomic E-state index is 12.8. The van der Waals surface area contributed by atoms with E-state index in [1.165, 1.54) is 6.07 Å². The molecular weight excluding hydrogens is 167 g/mol. The lowest BCUT2D eigenvalue weighted by atomic mass is 10.2. The van der Waals surface area contributed by atoms with Crippen molar-refractivity contribution in [1.82, 2.24) is 0 Å². The largest absolute Gasteiger partial charge is 0.384 e. The molecule has 0 saturated heterocycles. The molecule has 0 aromatic heterocycles. The Morgan fingerprint density at radius 2 is 2.31 bits per heavy atom. The number of aryl methyl sites for hydroxylation is 1. The third-order valence-corrected chi connectivity index (χ3v) is 1.72. The van der Waals surface area contributed by atoms with Crippen LogP contribution in [0.3, 0.4) is 0 Å². The molecule has 13 heavy (non-hydrogen) atoms. The van der Waals surface area contributed by atoms with E-state index in [1.54, 1.807) is 19.1 Å². The van der Waals surface area contributed by atoms with Crippen molar-refractivity contribution >= 4 is 5.69 Å². The highest BCUT2D eigenvalue weighted by Gasteiger charge is 1.97. The Labute approximate surface area is 77.0 Å². The first kappa shape index (κ1) is 9.53.